The second kappa shape index (κ2) is 6.12. The topological polar surface area (TPSA) is 64.1 Å². The van der Waals surface area contributed by atoms with Crippen molar-refractivity contribution in [3.05, 3.63) is 46.3 Å². The third-order valence-electron chi connectivity index (χ3n) is 4.29. The Morgan fingerprint density at radius 3 is 2.88 bits per heavy atom. The zero-order valence-corrected chi connectivity index (χ0v) is 14.0. The van der Waals surface area contributed by atoms with Crippen LogP contribution in [0.15, 0.2) is 24.3 Å². The highest BCUT2D eigenvalue weighted by molar-refractivity contribution is 7.17. The molecule has 2 aromatic heterocycles. The Labute approximate surface area is 142 Å². The van der Waals surface area contributed by atoms with Crippen molar-refractivity contribution in [2.24, 2.45) is 0 Å². The smallest absolute Gasteiger partial charge is 0.235 e. The Kier molecular flexibility index (Phi) is 3.95. The molecule has 0 bridgehead atoms. The molecule has 1 aromatic carbocycles. The van der Waals surface area contributed by atoms with Gasteiger partial charge in [-0.05, 0) is 19.1 Å². The molecule has 4 rings (SSSR count). The number of morpholine rings is 1. The average Bonchev–Trinajstić information content (AvgIpc) is 3.07. The maximum Gasteiger partial charge on any atom is 0.235 e. The van der Waals surface area contributed by atoms with Gasteiger partial charge < -0.3 is 14.7 Å². The molecule has 3 heterocycles. The Balaban J connectivity index is 1.84. The Bertz CT molecular complexity index is 872. The largest absolute Gasteiger partial charge is 0.492 e. The number of benzene rings is 1. The van der Waals surface area contributed by atoms with Crippen LogP contribution in [-0.4, -0.2) is 46.0 Å². The molecule has 3 aromatic rings. The van der Waals surface area contributed by atoms with Crippen LogP contribution in [0.1, 0.15) is 22.3 Å². The van der Waals surface area contributed by atoms with Crippen LogP contribution in [0.5, 0.6) is 5.88 Å². The highest BCUT2D eigenvalue weighted by atomic mass is 32.1. The summed E-state index contributed by atoms with van der Waals surface area (Å²) < 4.78 is 20.7. The normalized spacial score (nSPS) is 17.4. The lowest BCUT2D eigenvalue weighted by atomic mass is 10.0. The quantitative estimate of drug-likeness (QED) is 0.739. The highest BCUT2D eigenvalue weighted by Crippen LogP contribution is 2.35. The Morgan fingerprint density at radius 2 is 2.17 bits per heavy atom. The summed E-state index contributed by atoms with van der Waals surface area (Å²) in [6, 6.07) is 6.40. The zero-order chi connectivity index (χ0) is 16.7. The minimum Gasteiger partial charge on any atom is -0.492 e. The number of hydrogen-bond acceptors (Lipinski definition) is 5. The minimum absolute atomic E-state index is 0.0869. The number of fused-ring (bicyclic) bond motifs is 1. The van der Waals surface area contributed by atoms with Crippen molar-refractivity contribution < 1.29 is 19.1 Å². The predicted molar refractivity (Wildman–Crippen MR) is 87.0 cm³/mol. The number of hydrogen-bond donors (Lipinski definition) is 2. The SMILES string of the molecule is Cc1nc2sc([C@H](c3cccc(F)c3)[NH+]3CCOCC3)c(O)n2n1. The van der Waals surface area contributed by atoms with Crippen molar-refractivity contribution in [2.75, 3.05) is 26.3 Å². The van der Waals surface area contributed by atoms with Crippen LogP contribution in [0.4, 0.5) is 4.39 Å². The monoisotopic (exact) mass is 349 g/mol. The van der Waals surface area contributed by atoms with Gasteiger partial charge in [0.2, 0.25) is 10.8 Å². The first kappa shape index (κ1) is 15.5. The van der Waals surface area contributed by atoms with E-state index in [9.17, 15) is 9.50 Å². The molecule has 1 saturated heterocycles. The van der Waals surface area contributed by atoms with Gasteiger partial charge in [0.05, 0.1) is 13.2 Å². The van der Waals surface area contributed by atoms with Crippen LogP contribution in [-0.2, 0) is 4.74 Å². The van der Waals surface area contributed by atoms with E-state index >= 15 is 0 Å². The van der Waals surface area contributed by atoms with Gasteiger partial charge in [-0.15, -0.1) is 5.10 Å². The van der Waals surface area contributed by atoms with Gasteiger partial charge in [0.1, 0.15) is 29.6 Å². The molecular weight excluding hydrogens is 331 g/mol. The fourth-order valence-electron chi connectivity index (χ4n) is 3.22. The summed E-state index contributed by atoms with van der Waals surface area (Å²) >= 11 is 1.40. The maximum absolute atomic E-state index is 13.8. The summed E-state index contributed by atoms with van der Waals surface area (Å²) in [4.78, 5) is 6.98. The van der Waals surface area contributed by atoms with Gasteiger partial charge in [-0.3, -0.25) is 0 Å². The molecule has 6 nitrogen and oxygen atoms in total. The molecule has 8 heteroatoms. The third kappa shape index (κ3) is 2.66. The summed E-state index contributed by atoms with van der Waals surface area (Å²) in [5, 5.41) is 14.9. The summed E-state index contributed by atoms with van der Waals surface area (Å²) in [7, 11) is 0. The van der Waals surface area contributed by atoms with Crippen molar-refractivity contribution in [3.8, 4) is 5.88 Å². The number of nitrogens with zero attached hydrogens (tertiary/aromatic N) is 3. The lowest BCUT2D eigenvalue weighted by Gasteiger charge is -2.31. The van der Waals surface area contributed by atoms with E-state index in [0.29, 0.717) is 24.0 Å². The third-order valence-corrected chi connectivity index (χ3v) is 5.38. The number of aromatic hydroxyl groups is 1. The molecular formula is C16H18FN4O2S+. The zero-order valence-electron chi connectivity index (χ0n) is 13.2. The van der Waals surface area contributed by atoms with Crippen molar-refractivity contribution in [2.45, 2.75) is 13.0 Å². The summed E-state index contributed by atoms with van der Waals surface area (Å²) in [6.45, 7) is 4.69. The first-order valence-electron chi connectivity index (χ1n) is 7.86. The van der Waals surface area contributed by atoms with E-state index in [1.807, 2.05) is 6.07 Å². The van der Waals surface area contributed by atoms with E-state index in [-0.39, 0.29) is 17.7 Å². The number of quaternary nitrogens is 1. The van der Waals surface area contributed by atoms with Crippen LogP contribution in [0.3, 0.4) is 0 Å². The van der Waals surface area contributed by atoms with Crippen molar-refractivity contribution >= 4 is 16.3 Å². The molecule has 126 valence electrons. The van der Waals surface area contributed by atoms with Crippen molar-refractivity contribution in [3.63, 3.8) is 0 Å². The molecule has 1 aliphatic rings. The fourth-order valence-corrected chi connectivity index (χ4v) is 4.40. The molecule has 1 aliphatic heterocycles. The molecule has 2 N–H and O–H groups in total. The molecule has 0 aliphatic carbocycles. The molecule has 0 saturated carbocycles. The number of ether oxygens (including phenoxy) is 1. The second-order valence-electron chi connectivity index (χ2n) is 5.90. The van der Waals surface area contributed by atoms with Crippen LogP contribution in [0.25, 0.3) is 4.96 Å². The van der Waals surface area contributed by atoms with Gasteiger partial charge in [0.15, 0.2) is 6.04 Å². The van der Waals surface area contributed by atoms with Gasteiger partial charge in [-0.2, -0.15) is 4.52 Å². The number of nitrogens with one attached hydrogen (secondary N) is 1. The van der Waals surface area contributed by atoms with Crippen molar-refractivity contribution in [1.29, 1.82) is 0 Å². The Hall–Kier alpha value is -2.03. The standard InChI is InChI=1S/C16H17FN4O2S/c1-10-18-16-21(19-10)15(22)14(24-16)13(20-5-7-23-8-6-20)11-3-2-4-12(17)9-11/h2-4,9,13,22H,5-8H2,1H3/p+1/t13-/m0/s1. The number of aromatic nitrogens is 3. The van der Waals surface area contributed by atoms with E-state index in [0.717, 1.165) is 23.5 Å². The molecule has 1 fully saturated rings. The van der Waals surface area contributed by atoms with Gasteiger partial charge in [-0.1, -0.05) is 23.5 Å². The van der Waals surface area contributed by atoms with Crippen LogP contribution >= 0.6 is 11.3 Å². The first-order chi connectivity index (χ1) is 11.6. The molecule has 0 radical (unpaired) electrons. The lowest BCUT2D eigenvalue weighted by Crippen LogP contribution is -3.14. The summed E-state index contributed by atoms with van der Waals surface area (Å²) in [5.41, 5.74) is 0.837. The van der Waals surface area contributed by atoms with Crippen LogP contribution in [0.2, 0.25) is 0 Å². The van der Waals surface area contributed by atoms with Gasteiger partial charge >= 0.3 is 0 Å². The second-order valence-corrected chi connectivity index (χ2v) is 6.91. The number of aryl methyl sites for hydroxylation is 1. The van der Waals surface area contributed by atoms with Gasteiger partial charge in [0.25, 0.3) is 0 Å². The van der Waals surface area contributed by atoms with E-state index in [1.54, 1.807) is 13.0 Å². The maximum atomic E-state index is 13.8. The summed E-state index contributed by atoms with van der Waals surface area (Å²) in [5.74, 6) is 0.424. The van der Waals surface area contributed by atoms with Gasteiger partial charge in [0, 0.05) is 5.56 Å². The van der Waals surface area contributed by atoms with E-state index in [2.05, 4.69) is 10.1 Å². The number of halogens is 1. The highest BCUT2D eigenvalue weighted by Gasteiger charge is 2.34. The van der Waals surface area contributed by atoms with Gasteiger partial charge in [-0.25, -0.2) is 9.37 Å². The first-order valence-corrected chi connectivity index (χ1v) is 8.68. The van der Waals surface area contributed by atoms with Crippen LogP contribution < -0.4 is 4.90 Å². The number of thiazole rings is 1. The molecule has 24 heavy (non-hydrogen) atoms. The van der Waals surface area contributed by atoms with Crippen LogP contribution in [0, 0.1) is 12.7 Å². The minimum atomic E-state index is -0.278. The van der Waals surface area contributed by atoms with E-state index in [1.165, 1.54) is 32.9 Å². The molecule has 0 amide bonds. The average molecular weight is 349 g/mol. The fraction of sp³-hybridized carbons (Fsp3) is 0.375. The van der Waals surface area contributed by atoms with E-state index < -0.39 is 0 Å². The molecule has 1 atom stereocenters. The van der Waals surface area contributed by atoms with E-state index in [4.69, 9.17) is 4.74 Å². The molecule has 0 unspecified atom stereocenters. The lowest BCUT2D eigenvalue weighted by molar-refractivity contribution is -0.932. The Morgan fingerprint density at radius 1 is 1.38 bits per heavy atom. The predicted octanol–water partition coefficient (Wildman–Crippen LogP) is 0.948. The van der Waals surface area contributed by atoms with Crippen molar-refractivity contribution in [1.82, 2.24) is 14.6 Å². The number of rotatable bonds is 3. The molecule has 0 spiro atoms. The summed E-state index contributed by atoms with van der Waals surface area (Å²) in [6.07, 6.45) is 0.